The normalized spacial score (nSPS) is 25.9. The predicted octanol–water partition coefficient (Wildman–Crippen LogP) is 2.97. The molecule has 0 bridgehead atoms. The standard InChI is InChI=1S/C20H16F4N2O4/c21-18(22)20(23,24)11-30-12-5-8-19(9-6-12)10-7-15(27)26(19)25-16(28)13-3-1-2-4-14(13)17(25)29/h1-6,8-9,12,18H,7,10-11H2. The average Bonchev–Trinajstić information content (AvgIpc) is 3.16. The van der Waals surface area contributed by atoms with Gasteiger partial charge in [0.1, 0.15) is 12.1 Å². The number of rotatable bonds is 5. The summed E-state index contributed by atoms with van der Waals surface area (Å²) in [6.45, 7) is -1.47. The molecule has 6 nitrogen and oxygen atoms in total. The molecule has 2 aliphatic heterocycles. The molecule has 1 aromatic rings. The third kappa shape index (κ3) is 3.11. The van der Waals surface area contributed by atoms with Crippen molar-refractivity contribution in [2.24, 2.45) is 0 Å². The summed E-state index contributed by atoms with van der Waals surface area (Å²) in [5, 5.41) is 1.86. The summed E-state index contributed by atoms with van der Waals surface area (Å²) < 4.78 is 55.5. The molecule has 0 unspecified atom stereocenters. The van der Waals surface area contributed by atoms with Gasteiger partial charge in [-0.15, -0.1) is 0 Å². The molecular formula is C20H16F4N2O4. The number of carbonyl (C=O) groups is 3. The maximum absolute atomic E-state index is 13.1. The number of nitrogens with zero attached hydrogens (tertiary/aromatic N) is 2. The monoisotopic (exact) mass is 424 g/mol. The Morgan fingerprint density at radius 2 is 1.63 bits per heavy atom. The number of hydrazine groups is 1. The number of benzene rings is 1. The fraction of sp³-hybridized carbons (Fsp3) is 0.350. The minimum atomic E-state index is -4.29. The van der Waals surface area contributed by atoms with Gasteiger partial charge in [-0.1, -0.05) is 36.4 Å². The van der Waals surface area contributed by atoms with Crippen molar-refractivity contribution < 1.29 is 36.7 Å². The van der Waals surface area contributed by atoms with E-state index in [-0.39, 0.29) is 24.0 Å². The Kier molecular flexibility index (Phi) is 4.76. The minimum Gasteiger partial charge on any atom is -0.364 e. The third-order valence-electron chi connectivity index (χ3n) is 5.28. The maximum Gasteiger partial charge on any atom is 0.330 e. The van der Waals surface area contributed by atoms with E-state index in [0.717, 1.165) is 10.0 Å². The molecule has 2 heterocycles. The summed E-state index contributed by atoms with van der Waals surface area (Å²) in [5.74, 6) is -6.02. The first kappa shape index (κ1) is 20.3. The number of halogens is 4. The first-order valence-corrected chi connectivity index (χ1v) is 9.13. The Labute approximate surface area is 168 Å². The molecule has 3 amide bonds. The second-order valence-corrected chi connectivity index (χ2v) is 7.22. The quantitative estimate of drug-likeness (QED) is 0.414. The molecule has 4 rings (SSSR count). The van der Waals surface area contributed by atoms with Gasteiger partial charge in [0.25, 0.3) is 11.8 Å². The topological polar surface area (TPSA) is 66.9 Å². The summed E-state index contributed by atoms with van der Waals surface area (Å²) in [5.41, 5.74) is -0.802. The molecule has 0 atom stereocenters. The van der Waals surface area contributed by atoms with Gasteiger partial charge in [-0.05, 0) is 18.6 Å². The molecule has 3 aliphatic rings. The summed E-state index contributed by atoms with van der Waals surface area (Å²) in [6.07, 6.45) is 1.04. The lowest BCUT2D eigenvalue weighted by atomic mass is 9.91. The second-order valence-electron chi connectivity index (χ2n) is 7.22. The Hall–Kier alpha value is -3.01. The summed E-state index contributed by atoms with van der Waals surface area (Å²) >= 11 is 0. The molecule has 1 aromatic carbocycles. The zero-order valence-electron chi connectivity index (χ0n) is 15.4. The Morgan fingerprint density at radius 3 is 2.17 bits per heavy atom. The minimum absolute atomic E-state index is 0.0526. The van der Waals surface area contributed by atoms with E-state index >= 15 is 0 Å². The second kappa shape index (κ2) is 7.05. The highest BCUT2D eigenvalue weighted by Crippen LogP contribution is 2.40. The third-order valence-corrected chi connectivity index (χ3v) is 5.28. The molecule has 1 spiro atoms. The Balaban J connectivity index is 1.56. The van der Waals surface area contributed by atoms with Crippen molar-refractivity contribution in [2.45, 2.75) is 36.8 Å². The number of carbonyl (C=O) groups excluding carboxylic acids is 3. The molecule has 30 heavy (non-hydrogen) atoms. The molecule has 0 radical (unpaired) electrons. The average molecular weight is 424 g/mol. The van der Waals surface area contributed by atoms with E-state index in [1.165, 1.54) is 36.4 Å². The van der Waals surface area contributed by atoms with Crippen LogP contribution < -0.4 is 0 Å². The van der Waals surface area contributed by atoms with Crippen molar-refractivity contribution >= 4 is 17.7 Å². The summed E-state index contributed by atoms with van der Waals surface area (Å²) in [6, 6.07) is 6.18. The van der Waals surface area contributed by atoms with Crippen molar-refractivity contribution in [2.75, 3.05) is 6.61 Å². The number of alkyl halides is 4. The Bertz CT molecular complexity index is 926. The van der Waals surface area contributed by atoms with Gasteiger partial charge in [-0.25, -0.2) is 13.8 Å². The predicted molar refractivity (Wildman–Crippen MR) is 94.7 cm³/mol. The number of hydrogen-bond donors (Lipinski definition) is 0. The van der Waals surface area contributed by atoms with Crippen LogP contribution in [0, 0.1) is 0 Å². The van der Waals surface area contributed by atoms with E-state index in [0.29, 0.717) is 0 Å². The number of fused-ring (bicyclic) bond motifs is 1. The van der Waals surface area contributed by atoms with Crippen molar-refractivity contribution in [1.82, 2.24) is 10.0 Å². The molecule has 0 saturated carbocycles. The first-order valence-electron chi connectivity index (χ1n) is 9.13. The summed E-state index contributed by atoms with van der Waals surface area (Å²) in [7, 11) is 0. The van der Waals surface area contributed by atoms with Crippen LogP contribution in [0.2, 0.25) is 0 Å². The van der Waals surface area contributed by atoms with Crippen LogP contribution in [-0.4, -0.2) is 58.3 Å². The lowest BCUT2D eigenvalue weighted by Gasteiger charge is -2.39. The van der Waals surface area contributed by atoms with Crippen LogP contribution in [0.15, 0.2) is 48.6 Å². The largest absolute Gasteiger partial charge is 0.364 e. The molecule has 1 saturated heterocycles. The zero-order chi connectivity index (χ0) is 21.7. The van der Waals surface area contributed by atoms with Crippen molar-refractivity contribution in [3.8, 4) is 0 Å². The Morgan fingerprint density at radius 1 is 1.07 bits per heavy atom. The van der Waals surface area contributed by atoms with Gasteiger partial charge >= 0.3 is 12.3 Å². The first-order chi connectivity index (χ1) is 14.2. The highest BCUT2D eigenvalue weighted by Gasteiger charge is 2.52. The number of imide groups is 1. The van der Waals surface area contributed by atoms with Gasteiger partial charge in [0, 0.05) is 6.42 Å². The lowest BCUT2D eigenvalue weighted by Crippen LogP contribution is -2.56. The smallest absolute Gasteiger partial charge is 0.330 e. The number of amides is 3. The molecule has 0 N–H and O–H groups in total. The van der Waals surface area contributed by atoms with Gasteiger partial charge in [0.05, 0.1) is 17.2 Å². The molecule has 10 heteroatoms. The fourth-order valence-corrected chi connectivity index (χ4v) is 3.74. The van der Waals surface area contributed by atoms with E-state index in [4.69, 9.17) is 4.74 Å². The molecule has 0 aromatic heterocycles. The number of hydrogen-bond acceptors (Lipinski definition) is 4. The van der Waals surface area contributed by atoms with Crippen LogP contribution >= 0.6 is 0 Å². The zero-order valence-corrected chi connectivity index (χ0v) is 15.4. The number of ether oxygens (including phenoxy) is 1. The van der Waals surface area contributed by atoms with Gasteiger partial charge in [-0.3, -0.25) is 14.4 Å². The van der Waals surface area contributed by atoms with Crippen molar-refractivity contribution in [3.63, 3.8) is 0 Å². The van der Waals surface area contributed by atoms with Gasteiger partial charge in [0.15, 0.2) is 0 Å². The van der Waals surface area contributed by atoms with Gasteiger partial charge in [-0.2, -0.15) is 13.8 Å². The maximum atomic E-state index is 13.1. The van der Waals surface area contributed by atoms with E-state index in [2.05, 4.69) is 0 Å². The SMILES string of the molecule is O=C1c2ccccc2C(=O)N1N1C(=O)CCC12C=CC(OCC(F)(F)C(F)F)C=C2. The van der Waals surface area contributed by atoms with Crippen molar-refractivity contribution in [3.05, 3.63) is 59.7 Å². The van der Waals surface area contributed by atoms with Crippen molar-refractivity contribution in [1.29, 1.82) is 0 Å². The van der Waals surface area contributed by atoms with Crippen LogP contribution in [-0.2, 0) is 9.53 Å². The molecule has 1 aliphatic carbocycles. The highest BCUT2D eigenvalue weighted by molar-refractivity contribution is 6.21. The van der Waals surface area contributed by atoms with Gasteiger partial charge < -0.3 is 4.74 Å². The van der Waals surface area contributed by atoms with Crippen LogP contribution in [0.1, 0.15) is 33.6 Å². The van der Waals surface area contributed by atoms with E-state index in [1.807, 2.05) is 0 Å². The summed E-state index contributed by atoms with van der Waals surface area (Å²) in [4.78, 5) is 38.2. The fourth-order valence-electron chi connectivity index (χ4n) is 3.74. The molecular weight excluding hydrogens is 408 g/mol. The lowest BCUT2D eigenvalue weighted by molar-refractivity contribution is -0.168. The van der Waals surface area contributed by atoms with E-state index in [9.17, 15) is 31.9 Å². The molecule has 1 fully saturated rings. The van der Waals surface area contributed by atoms with E-state index < -0.39 is 48.3 Å². The van der Waals surface area contributed by atoms with Crippen LogP contribution in [0.5, 0.6) is 0 Å². The van der Waals surface area contributed by atoms with Crippen LogP contribution in [0.25, 0.3) is 0 Å². The van der Waals surface area contributed by atoms with E-state index in [1.54, 1.807) is 12.1 Å². The molecule has 158 valence electrons. The highest BCUT2D eigenvalue weighted by atomic mass is 19.3. The van der Waals surface area contributed by atoms with Crippen LogP contribution in [0.4, 0.5) is 17.6 Å². The van der Waals surface area contributed by atoms with Gasteiger partial charge in [0.2, 0.25) is 5.91 Å². The van der Waals surface area contributed by atoms with Crippen LogP contribution in [0.3, 0.4) is 0 Å².